The van der Waals surface area contributed by atoms with E-state index in [1.807, 2.05) is 19.9 Å². The number of anilines is 1. The SMILES string of the molecule is COC(C)(C)COc1cnccc1CNC1=C(C(=S)Nc2cccc(F)c2Br)C(=O)NCC1. The fourth-order valence-electron chi connectivity index (χ4n) is 3.05. The summed E-state index contributed by atoms with van der Waals surface area (Å²) >= 11 is 8.71. The molecule has 1 aliphatic heterocycles. The Morgan fingerprint density at radius 1 is 1.36 bits per heavy atom. The van der Waals surface area contributed by atoms with E-state index in [1.54, 1.807) is 31.6 Å². The minimum atomic E-state index is -0.444. The number of nitrogens with one attached hydrogen (secondary N) is 3. The second kappa shape index (κ2) is 11.0. The van der Waals surface area contributed by atoms with Gasteiger partial charge in [-0.2, -0.15) is 0 Å². The fraction of sp³-hybridized carbons (Fsp3) is 0.348. The van der Waals surface area contributed by atoms with E-state index in [0.717, 1.165) is 5.56 Å². The van der Waals surface area contributed by atoms with E-state index in [2.05, 4.69) is 36.9 Å². The average molecular weight is 537 g/mol. The summed E-state index contributed by atoms with van der Waals surface area (Å²) in [5.74, 6) is -0.0890. The number of aromatic nitrogens is 1. The molecular formula is C23H26BrFN4O3S. The number of hydrogen-bond acceptors (Lipinski definition) is 6. The summed E-state index contributed by atoms with van der Waals surface area (Å²) in [5, 5.41) is 9.11. The molecule has 7 nitrogen and oxygen atoms in total. The Hall–Kier alpha value is -2.56. The number of rotatable bonds is 9. The summed E-state index contributed by atoms with van der Waals surface area (Å²) in [6.45, 7) is 5.12. The van der Waals surface area contributed by atoms with Gasteiger partial charge >= 0.3 is 0 Å². The van der Waals surface area contributed by atoms with Crippen molar-refractivity contribution in [2.45, 2.75) is 32.4 Å². The predicted molar refractivity (Wildman–Crippen MR) is 133 cm³/mol. The van der Waals surface area contributed by atoms with Gasteiger partial charge in [-0.05, 0) is 48.0 Å². The van der Waals surface area contributed by atoms with Crippen LogP contribution < -0.4 is 20.7 Å². The van der Waals surface area contributed by atoms with E-state index in [-0.39, 0.29) is 15.4 Å². The standard InChI is InChI=1S/C23H26BrFN4O3S/c1-23(2,31-3)13-32-18-12-26-9-7-14(18)11-28-16-8-10-27-21(30)19(16)22(33)29-17-6-4-5-15(25)20(17)24/h4-7,9,12,28H,8,10-11,13H2,1-3H3,(H,27,30)(H,29,33). The van der Waals surface area contributed by atoms with Crippen LogP contribution >= 0.6 is 28.1 Å². The number of benzene rings is 1. The molecule has 0 saturated heterocycles. The molecule has 1 amide bonds. The summed E-state index contributed by atoms with van der Waals surface area (Å²) in [4.78, 5) is 17.0. The highest BCUT2D eigenvalue weighted by Gasteiger charge is 2.25. The Bertz CT molecular complexity index is 1080. The minimum absolute atomic E-state index is 0.203. The van der Waals surface area contributed by atoms with Crippen molar-refractivity contribution in [3.63, 3.8) is 0 Å². The van der Waals surface area contributed by atoms with Crippen molar-refractivity contribution >= 4 is 44.7 Å². The molecule has 2 aromatic rings. The van der Waals surface area contributed by atoms with Crippen molar-refractivity contribution in [1.82, 2.24) is 15.6 Å². The molecule has 0 bridgehead atoms. The number of nitrogens with zero attached hydrogens (tertiary/aromatic N) is 1. The van der Waals surface area contributed by atoms with Crippen LogP contribution in [0.4, 0.5) is 10.1 Å². The molecule has 1 aliphatic rings. The summed E-state index contributed by atoms with van der Waals surface area (Å²) < 4.78 is 25.5. The van der Waals surface area contributed by atoms with Crippen LogP contribution in [0.1, 0.15) is 25.8 Å². The quantitative estimate of drug-likeness (QED) is 0.416. The number of halogens is 2. The highest BCUT2D eigenvalue weighted by Crippen LogP contribution is 2.27. The Morgan fingerprint density at radius 3 is 2.91 bits per heavy atom. The lowest BCUT2D eigenvalue weighted by atomic mass is 10.1. The number of carbonyl (C=O) groups excluding carboxylic acids is 1. The van der Waals surface area contributed by atoms with Crippen LogP contribution in [-0.2, 0) is 16.1 Å². The van der Waals surface area contributed by atoms with Gasteiger partial charge < -0.3 is 25.4 Å². The molecule has 0 fully saturated rings. The third-order valence-electron chi connectivity index (χ3n) is 5.11. The van der Waals surface area contributed by atoms with Crippen molar-refractivity contribution in [2.24, 2.45) is 0 Å². The Kier molecular flexibility index (Phi) is 8.39. The van der Waals surface area contributed by atoms with Gasteiger partial charge in [0, 0.05) is 44.1 Å². The van der Waals surface area contributed by atoms with E-state index in [9.17, 15) is 9.18 Å². The first kappa shape index (κ1) is 25.1. The first-order chi connectivity index (χ1) is 15.7. The molecule has 0 aliphatic carbocycles. The molecule has 1 aromatic heterocycles. The van der Waals surface area contributed by atoms with Crippen molar-refractivity contribution in [2.75, 3.05) is 25.6 Å². The van der Waals surface area contributed by atoms with E-state index in [1.165, 1.54) is 6.07 Å². The van der Waals surface area contributed by atoms with Crippen molar-refractivity contribution in [1.29, 1.82) is 0 Å². The second-order valence-corrected chi connectivity index (χ2v) is 9.21. The van der Waals surface area contributed by atoms with Gasteiger partial charge in [0.25, 0.3) is 5.91 Å². The molecule has 33 heavy (non-hydrogen) atoms. The molecule has 1 aromatic carbocycles. The summed E-state index contributed by atoms with van der Waals surface area (Å²) in [6, 6.07) is 6.43. The van der Waals surface area contributed by atoms with Gasteiger partial charge in [-0.25, -0.2) is 4.39 Å². The topological polar surface area (TPSA) is 84.5 Å². The number of ether oxygens (including phenoxy) is 2. The largest absolute Gasteiger partial charge is 0.489 e. The van der Waals surface area contributed by atoms with Crippen molar-refractivity contribution in [3.05, 3.63) is 63.8 Å². The molecule has 0 spiro atoms. The number of thiocarbonyl (C=S) groups is 1. The van der Waals surface area contributed by atoms with Crippen LogP contribution in [-0.4, -0.2) is 41.7 Å². The lowest BCUT2D eigenvalue weighted by molar-refractivity contribution is -0.117. The number of amides is 1. The van der Waals surface area contributed by atoms with Crippen LogP contribution in [0.5, 0.6) is 5.75 Å². The molecule has 10 heteroatoms. The molecule has 0 unspecified atom stereocenters. The van der Waals surface area contributed by atoms with Crippen LogP contribution in [0.2, 0.25) is 0 Å². The van der Waals surface area contributed by atoms with Crippen molar-refractivity contribution in [3.8, 4) is 5.75 Å². The van der Waals surface area contributed by atoms with Gasteiger partial charge in [0.05, 0.1) is 27.5 Å². The Morgan fingerprint density at radius 2 is 2.15 bits per heavy atom. The van der Waals surface area contributed by atoms with Crippen LogP contribution in [0.25, 0.3) is 0 Å². The highest BCUT2D eigenvalue weighted by molar-refractivity contribution is 9.10. The molecule has 3 N–H and O–H groups in total. The normalized spacial score (nSPS) is 14.0. The lowest BCUT2D eigenvalue weighted by Crippen LogP contribution is -2.39. The molecule has 0 saturated carbocycles. The molecule has 0 atom stereocenters. The zero-order valence-corrected chi connectivity index (χ0v) is 21.0. The lowest BCUT2D eigenvalue weighted by Gasteiger charge is -2.25. The van der Waals surface area contributed by atoms with E-state index in [4.69, 9.17) is 21.7 Å². The summed E-state index contributed by atoms with van der Waals surface area (Å²) in [5.41, 5.74) is 1.89. The first-order valence-corrected chi connectivity index (χ1v) is 11.5. The van der Waals surface area contributed by atoms with E-state index >= 15 is 0 Å². The predicted octanol–water partition coefficient (Wildman–Crippen LogP) is 4.09. The van der Waals surface area contributed by atoms with Gasteiger partial charge in [0.15, 0.2) is 0 Å². The zero-order chi connectivity index (χ0) is 24.0. The Labute approximate surface area is 206 Å². The molecule has 3 rings (SSSR count). The molecule has 0 radical (unpaired) electrons. The smallest absolute Gasteiger partial charge is 0.256 e. The van der Waals surface area contributed by atoms with E-state index < -0.39 is 11.4 Å². The number of carbonyl (C=O) groups is 1. The molecule has 176 valence electrons. The van der Waals surface area contributed by atoms with Gasteiger partial charge in [-0.3, -0.25) is 9.78 Å². The zero-order valence-electron chi connectivity index (χ0n) is 18.6. The number of hydrogen-bond donors (Lipinski definition) is 3. The first-order valence-electron chi connectivity index (χ1n) is 10.3. The van der Waals surface area contributed by atoms with Crippen molar-refractivity contribution < 1.29 is 18.7 Å². The summed E-state index contributed by atoms with van der Waals surface area (Å²) in [6.07, 6.45) is 3.91. The molecular weight excluding hydrogens is 511 g/mol. The maximum Gasteiger partial charge on any atom is 0.256 e. The van der Waals surface area contributed by atoms with Crippen LogP contribution in [0, 0.1) is 5.82 Å². The number of pyridine rings is 1. The monoisotopic (exact) mass is 536 g/mol. The second-order valence-electron chi connectivity index (χ2n) is 8.00. The van der Waals surface area contributed by atoms with E-state index in [0.29, 0.717) is 48.8 Å². The number of methoxy groups -OCH3 is 1. The summed E-state index contributed by atoms with van der Waals surface area (Å²) in [7, 11) is 1.64. The molecule has 2 heterocycles. The highest BCUT2D eigenvalue weighted by atomic mass is 79.9. The van der Waals surface area contributed by atoms with Gasteiger partial charge in [-0.15, -0.1) is 0 Å². The van der Waals surface area contributed by atoms with Crippen LogP contribution in [0.15, 0.2) is 52.4 Å². The maximum atomic E-state index is 13.9. The van der Waals surface area contributed by atoms with Crippen LogP contribution in [0.3, 0.4) is 0 Å². The third-order valence-corrected chi connectivity index (χ3v) is 6.22. The van der Waals surface area contributed by atoms with Gasteiger partial charge in [-0.1, -0.05) is 18.3 Å². The average Bonchev–Trinajstić information content (AvgIpc) is 2.80. The third kappa shape index (κ3) is 6.49. The Balaban J connectivity index is 1.78. The van der Waals surface area contributed by atoms with Gasteiger partial charge in [0.2, 0.25) is 0 Å². The maximum absolute atomic E-state index is 13.9. The minimum Gasteiger partial charge on any atom is -0.489 e. The van der Waals surface area contributed by atoms with Gasteiger partial charge in [0.1, 0.15) is 23.2 Å². The fourth-order valence-corrected chi connectivity index (χ4v) is 3.74.